The molecule has 0 aliphatic carbocycles. The van der Waals surface area contributed by atoms with Crippen LogP contribution in [0.1, 0.15) is 19.3 Å². The zero-order valence-electron chi connectivity index (χ0n) is 7.20. The molecule has 12 heavy (non-hydrogen) atoms. The molecule has 0 saturated carbocycles. The van der Waals surface area contributed by atoms with Crippen LogP contribution in [0.5, 0.6) is 0 Å². The molecule has 0 fully saturated rings. The Morgan fingerprint density at radius 2 is 2.00 bits per heavy atom. The first-order chi connectivity index (χ1) is 5.93. The normalized spacial score (nSPS) is 30.5. The van der Waals surface area contributed by atoms with Crippen LogP contribution in [0.25, 0.3) is 0 Å². The average molecular weight is 165 g/mol. The number of allylic oxidation sites excluding steroid dienone is 3. The van der Waals surface area contributed by atoms with Crippen molar-refractivity contribution in [2.24, 2.45) is 0 Å². The Morgan fingerprint density at radius 1 is 1.25 bits per heavy atom. The van der Waals surface area contributed by atoms with Crippen molar-refractivity contribution in [2.45, 2.75) is 25.3 Å². The largest absolute Gasteiger partial charge is 0.307 e. The molecule has 2 heteroatoms. The summed E-state index contributed by atoms with van der Waals surface area (Å²) in [5, 5.41) is 3.19. The van der Waals surface area contributed by atoms with Crippen molar-refractivity contribution in [3.8, 4) is 0 Å². The summed E-state index contributed by atoms with van der Waals surface area (Å²) >= 11 is 0. The van der Waals surface area contributed by atoms with Crippen LogP contribution in [0.3, 0.4) is 0 Å². The molecule has 0 bridgehead atoms. The van der Waals surface area contributed by atoms with E-state index in [9.17, 15) is 4.79 Å². The molecule has 0 spiro atoms. The molecule has 2 nitrogen and oxygen atoms in total. The Labute approximate surface area is 73.4 Å². The first kappa shape index (κ1) is 9.20. The van der Waals surface area contributed by atoms with Gasteiger partial charge in [0.05, 0.1) is 6.04 Å². The first-order valence-corrected chi connectivity index (χ1v) is 4.44. The number of aldehydes is 1. The highest BCUT2D eigenvalue weighted by Crippen LogP contribution is 1.98. The number of carbonyl (C=O) groups excluding carboxylic acids is 1. The molecule has 0 aromatic heterocycles. The second kappa shape index (κ2) is 5.72. The van der Waals surface area contributed by atoms with Crippen LogP contribution >= 0.6 is 0 Å². The third kappa shape index (κ3) is 3.49. The highest BCUT2D eigenvalue weighted by molar-refractivity contribution is 5.57. The van der Waals surface area contributed by atoms with Gasteiger partial charge in [0.1, 0.15) is 6.29 Å². The molecule has 0 amide bonds. The van der Waals surface area contributed by atoms with Gasteiger partial charge in [0, 0.05) is 0 Å². The molecule has 1 N–H and O–H groups in total. The van der Waals surface area contributed by atoms with Gasteiger partial charge in [-0.15, -0.1) is 0 Å². The van der Waals surface area contributed by atoms with Crippen LogP contribution in [0.15, 0.2) is 24.3 Å². The molecule has 66 valence electrons. The molecule has 0 aromatic carbocycles. The second-order valence-corrected chi connectivity index (χ2v) is 2.92. The maximum absolute atomic E-state index is 10.5. The van der Waals surface area contributed by atoms with Crippen molar-refractivity contribution in [1.29, 1.82) is 0 Å². The van der Waals surface area contributed by atoms with Gasteiger partial charge in [-0.25, -0.2) is 0 Å². The van der Waals surface area contributed by atoms with Crippen LogP contribution in [0.4, 0.5) is 0 Å². The van der Waals surface area contributed by atoms with Gasteiger partial charge in [-0.3, -0.25) is 0 Å². The summed E-state index contributed by atoms with van der Waals surface area (Å²) < 4.78 is 0. The Hall–Kier alpha value is -0.890. The van der Waals surface area contributed by atoms with Gasteiger partial charge in [-0.1, -0.05) is 24.3 Å². The van der Waals surface area contributed by atoms with Crippen LogP contribution < -0.4 is 5.32 Å². The number of carbonyl (C=O) groups is 1. The summed E-state index contributed by atoms with van der Waals surface area (Å²) in [4.78, 5) is 10.5. The standard InChI is InChI=1S/C10H15NO/c12-9-10-7-5-3-1-2-4-6-8-11-10/h1-4,9-11H,5-8H2/b3-1-,4-2-. The van der Waals surface area contributed by atoms with Crippen LogP contribution in [-0.2, 0) is 4.79 Å². The summed E-state index contributed by atoms with van der Waals surface area (Å²) in [5.74, 6) is 0. The number of hydrogen-bond donors (Lipinski definition) is 1. The summed E-state index contributed by atoms with van der Waals surface area (Å²) in [5.41, 5.74) is 0. The molecule has 0 saturated heterocycles. The summed E-state index contributed by atoms with van der Waals surface area (Å²) in [7, 11) is 0. The maximum atomic E-state index is 10.5. The predicted molar refractivity (Wildman–Crippen MR) is 50.0 cm³/mol. The molecule has 0 aromatic rings. The molecule has 1 aliphatic rings. The topological polar surface area (TPSA) is 29.1 Å². The van der Waals surface area contributed by atoms with E-state index in [0.717, 1.165) is 32.1 Å². The quantitative estimate of drug-likeness (QED) is 0.596. The van der Waals surface area contributed by atoms with E-state index in [1.54, 1.807) is 0 Å². The molecular weight excluding hydrogens is 150 g/mol. The third-order valence-corrected chi connectivity index (χ3v) is 1.91. The molecular formula is C10H15NO. The predicted octanol–water partition coefficient (Wildman–Crippen LogP) is 1.44. The van der Waals surface area contributed by atoms with E-state index in [1.165, 1.54) is 0 Å². The first-order valence-electron chi connectivity index (χ1n) is 4.44. The van der Waals surface area contributed by atoms with Crippen LogP contribution in [0.2, 0.25) is 0 Å². The van der Waals surface area contributed by atoms with Crippen molar-refractivity contribution in [1.82, 2.24) is 5.32 Å². The fourth-order valence-corrected chi connectivity index (χ4v) is 1.20. The highest BCUT2D eigenvalue weighted by Gasteiger charge is 2.03. The molecule has 1 rings (SSSR count). The lowest BCUT2D eigenvalue weighted by Crippen LogP contribution is -2.31. The van der Waals surface area contributed by atoms with Gasteiger partial charge in [-0.05, 0) is 25.8 Å². The molecule has 1 unspecified atom stereocenters. The maximum Gasteiger partial charge on any atom is 0.136 e. The van der Waals surface area contributed by atoms with Gasteiger partial charge in [0.15, 0.2) is 0 Å². The zero-order chi connectivity index (χ0) is 8.65. The fraction of sp³-hybridized carbons (Fsp3) is 0.500. The average Bonchev–Trinajstić information content (AvgIpc) is 2.14. The van der Waals surface area contributed by atoms with Crippen molar-refractivity contribution >= 4 is 6.29 Å². The smallest absolute Gasteiger partial charge is 0.136 e. The Morgan fingerprint density at radius 3 is 2.75 bits per heavy atom. The Balaban J connectivity index is 2.40. The van der Waals surface area contributed by atoms with Crippen molar-refractivity contribution in [3.63, 3.8) is 0 Å². The second-order valence-electron chi connectivity index (χ2n) is 2.92. The van der Waals surface area contributed by atoms with E-state index >= 15 is 0 Å². The molecule has 1 heterocycles. The number of hydrogen-bond acceptors (Lipinski definition) is 2. The Kier molecular flexibility index (Phi) is 4.39. The SMILES string of the molecule is O=CC1CC/C=C\C=C/CCN1. The highest BCUT2D eigenvalue weighted by atomic mass is 16.1. The fourth-order valence-electron chi connectivity index (χ4n) is 1.20. The van der Waals surface area contributed by atoms with Crippen molar-refractivity contribution in [3.05, 3.63) is 24.3 Å². The van der Waals surface area contributed by atoms with E-state index < -0.39 is 0 Å². The van der Waals surface area contributed by atoms with Crippen LogP contribution in [-0.4, -0.2) is 18.9 Å². The lowest BCUT2D eigenvalue weighted by molar-refractivity contribution is -0.109. The summed E-state index contributed by atoms with van der Waals surface area (Å²) in [6.45, 7) is 0.897. The minimum atomic E-state index is 0.0427. The molecule has 0 radical (unpaired) electrons. The van der Waals surface area contributed by atoms with E-state index in [0.29, 0.717) is 0 Å². The summed E-state index contributed by atoms with van der Waals surface area (Å²) in [6, 6.07) is 0.0427. The van der Waals surface area contributed by atoms with E-state index in [2.05, 4.69) is 23.5 Å². The third-order valence-electron chi connectivity index (χ3n) is 1.91. The van der Waals surface area contributed by atoms with Gasteiger partial charge < -0.3 is 10.1 Å². The number of nitrogens with one attached hydrogen (secondary N) is 1. The van der Waals surface area contributed by atoms with E-state index in [1.807, 2.05) is 6.08 Å². The van der Waals surface area contributed by atoms with Gasteiger partial charge in [-0.2, -0.15) is 0 Å². The molecule has 1 atom stereocenters. The minimum Gasteiger partial charge on any atom is -0.307 e. The number of rotatable bonds is 1. The van der Waals surface area contributed by atoms with Gasteiger partial charge in [0.2, 0.25) is 0 Å². The lowest BCUT2D eigenvalue weighted by atomic mass is 10.1. The minimum absolute atomic E-state index is 0.0427. The summed E-state index contributed by atoms with van der Waals surface area (Å²) in [6.07, 6.45) is 12.2. The Bertz CT molecular complexity index is 184. The molecule has 1 aliphatic heterocycles. The van der Waals surface area contributed by atoms with Gasteiger partial charge in [0.25, 0.3) is 0 Å². The lowest BCUT2D eigenvalue weighted by Gasteiger charge is -2.10. The monoisotopic (exact) mass is 165 g/mol. The van der Waals surface area contributed by atoms with Crippen LogP contribution in [0, 0.1) is 0 Å². The van der Waals surface area contributed by atoms with Crippen molar-refractivity contribution < 1.29 is 4.79 Å². The van der Waals surface area contributed by atoms with E-state index in [4.69, 9.17) is 0 Å². The van der Waals surface area contributed by atoms with Gasteiger partial charge >= 0.3 is 0 Å². The zero-order valence-corrected chi connectivity index (χ0v) is 7.20. The van der Waals surface area contributed by atoms with E-state index in [-0.39, 0.29) is 6.04 Å². The van der Waals surface area contributed by atoms with Crippen molar-refractivity contribution in [2.75, 3.05) is 6.54 Å².